The maximum absolute atomic E-state index is 14.3. The number of aromatic nitrogens is 2. The molecule has 0 unspecified atom stereocenters. The number of hydrogen-bond donors (Lipinski definition) is 2. The Morgan fingerprint density at radius 2 is 2.04 bits per heavy atom. The van der Waals surface area contributed by atoms with Crippen LogP contribution in [0.2, 0.25) is 0 Å². The number of amides is 1. The number of nitrogens with zero attached hydrogens (tertiary/aromatic N) is 2. The number of imidazole rings is 1. The molecule has 1 atom stereocenters. The highest BCUT2D eigenvalue weighted by atomic mass is 19.1. The summed E-state index contributed by atoms with van der Waals surface area (Å²) in [6.07, 6.45) is 2.04. The number of carbonyl (C=O) groups excluding carboxylic acids is 1. The van der Waals surface area contributed by atoms with Gasteiger partial charge in [0.05, 0.1) is 5.69 Å². The molecule has 1 aromatic heterocycles. The average Bonchev–Trinajstić information content (AvgIpc) is 3.05. The van der Waals surface area contributed by atoms with Gasteiger partial charge in [-0.1, -0.05) is 36.4 Å². The summed E-state index contributed by atoms with van der Waals surface area (Å²) in [6.45, 7) is 1.92. The predicted molar refractivity (Wildman–Crippen MR) is 91.5 cm³/mol. The summed E-state index contributed by atoms with van der Waals surface area (Å²) in [7, 11) is 0. The first-order valence-corrected chi connectivity index (χ1v) is 7.86. The van der Waals surface area contributed by atoms with Crippen molar-refractivity contribution in [2.75, 3.05) is 0 Å². The second-order valence-electron chi connectivity index (χ2n) is 5.66. The van der Waals surface area contributed by atoms with Crippen LogP contribution in [0.1, 0.15) is 23.1 Å². The molecule has 1 amide bonds. The minimum absolute atomic E-state index is 0.128. The molecule has 0 aliphatic heterocycles. The Bertz CT molecular complexity index is 877. The number of halogens is 1. The topological polar surface area (TPSA) is 67.2 Å². The fourth-order valence-corrected chi connectivity index (χ4v) is 2.56. The minimum atomic E-state index is -1.25. The van der Waals surface area contributed by atoms with Crippen molar-refractivity contribution in [2.24, 2.45) is 0 Å². The van der Waals surface area contributed by atoms with Crippen LogP contribution < -0.4 is 5.32 Å². The molecule has 2 N–H and O–H groups in total. The van der Waals surface area contributed by atoms with Gasteiger partial charge in [-0.05, 0) is 30.2 Å². The third-order valence-corrected chi connectivity index (χ3v) is 3.93. The highest BCUT2D eigenvalue weighted by Gasteiger charge is 2.16. The Kier molecular flexibility index (Phi) is 4.90. The second-order valence-corrected chi connectivity index (χ2v) is 5.66. The smallest absolute Gasteiger partial charge is 0.253 e. The van der Waals surface area contributed by atoms with Gasteiger partial charge in [-0.2, -0.15) is 0 Å². The molecule has 6 heteroatoms. The van der Waals surface area contributed by atoms with Crippen molar-refractivity contribution in [3.05, 3.63) is 83.7 Å². The molecule has 0 saturated heterocycles. The van der Waals surface area contributed by atoms with Crippen molar-refractivity contribution in [3.63, 3.8) is 0 Å². The van der Waals surface area contributed by atoms with Crippen molar-refractivity contribution in [3.8, 4) is 5.69 Å². The molecule has 0 aliphatic rings. The number of nitrogens with one attached hydrogen (secondary N) is 1. The lowest BCUT2D eigenvalue weighted by Gasteiger charge is -2.12. The quantitative estimate of drug-likeness (QED) is 0.751. The lowest BCUT2D eigenvalue weighted by molar-refractivity contribution is -0.129. The van der Waals surface area contributed by atoms with E-state index in [1.54, 1.807) is 66.3 Å². The molecule has 0 radical (unpaired) electrons. The summed E-state index contributed by atoms with van der Waals surface area (Å²) >= 11 is 0. The monoisotopic (exact) mass is 339 g/mol. The summed E-state index contributed by atoms with van der Waals surface area (Å²) in [5, 5.41) is 12.6. The third kappa shape index (κ3) is 3.75. The van der Waals surface area contributed by atoms with Gasteiger partial charge in [0.15, 0.2) is 6.10 Å². The van der Waals surface area contributed by atoms with Gasteiger partial charge in [0.25, 0.3) is 5.91 Å². The second kappa shape index (κ2) is 7.27. The number of aryl methyl sites for hydroxylation is 1. The average molecular weight is 339 g/mol. The molecule has 3 aromatic rings. The zero-order chi connectivity index (χ0) is 17.8. The number of carbonyl (C=O) groups is 1. The van der Waals surface area contributed by atoms with E-state index >= 15 is 0 Å². The first-order valence-electron chi connectivity index (χ1n) is 7.86. The molecule has 128 valence electrons. The van der Waals surface area contributed by atoms with Gasteiger partial charge in [0, 0.05) is 18.9 Å². The molecule has 1 heterocycles. The predicted octanol–water partition coefficient (Wildman–Crippen LogP) is 2.67. The van der Waals surface area contributed by atoms with E-state index in [1.165, 1.54) is 6.07 Å². The van der Waals surface area contributed by atoms with Crippen molar-refractivity contribution in [1.82, 2.24) is 14.9 Å². The highest BCUT2D eigenvalue weighted by molar-refractivity contribution is 5.81. The van der Waals surface area contributed by atoms with E-state index in [4.69, 9.17) is 0 Å². The lowest BCUT2D eigenvalue weighted by Crippen LogP contribution is -2.28. The van der Waals surface area contributed by atoms with Crippen LogP contribution in [-0.4, -0.2) is 20.6 Å². The minimum Gasteiger partial charge on any atom is -0.378 e. The Morgan fingerprint density at radius 1 is 1.28 bits per heavy atom. The molecule has 3 rings (SSSR count). The van der Waals surface area contributed by atoms with Gasteiger partial charge < -0.3 is 15.0 Å². The molecular weight excluding hydrogens is 321 g/mol. The van der Waals surface area contributed by atoms with Gasteiger partial charge in [-0.15, -0.1) is 0 Å². The largest absolute Gasteiger partial charge is 0.378 e. The maximum Gasteiger partial charge on any atom is 0.253 e. The van der Waals surface area contributed by atoms with Crippen LogP contribution in [0.5, 0.6) is 0 Å². The van der Waals surface area contributed by atoms with Crippen LogP contribution in [0.3, 0.4) is 0 Å². The number of rotatable bonds is 5. The van der Waals surface area contributed by atoms with Crippen LogP contribution in [0.25, 0.3) is 5.69 Å². The van der Waals surface area contributed by atoms with E-state index in [-0.39, 0.29) is 6.54 Å². The van der Waals surface area contributed by atoms with E-state index in [0.717, 1.165) is 0 Å². The van der Waals surface area contributed by atoms with Crippen molar-refractivity contribution >= 4 is 5.91 Å². The lowest BCUT2D eigenvalue weighted by atomic mass is 10.1. The summed E-state index contributed by atoms with van der Waals surface area (Å²) in [6, 6.07) is 13.4. The normalized spacial score (nSPS) is 12.0. The Morgan fingerprint density at radius 3 is 2.68 bits per heavy atom. The van der Waals surface area contributed by atoms with Crippen LogP contribution in [0, 0.1) is 12.7 Å². The van der Waals surface area contributed by atoms with Crippen LogP contribution in [0.15, 0.2) is 60.9 Å². The highest BCUT2D eigenvalue weighted by Crippen LogP contribution is 2.17. The molecule has 0 fully saturated rings. The number of hydrogen-bond acceptors (Lipinski definition) is 3. The Balaban J connectivity index is 1.67. The van der Waals surface area contributed by atoms with E-state index in [1.807, 2.05) is 0 Å². The number of aliphatic hydroxyl groups is 1. The van der Waals surface area contributed by atoms with E-state index in [9.17, 15) is 14.3 Å². The van der Waals surface area contributed by atoms with E-state index in [2.05, 4.69) is 10.3 Å². The molecule has 0 bridgehead atoms. The van der Waals surface area contributed by atoms with Gasteiger partial charge in [0.1, 0.15) is 11.6 Å². The van der Waals surface area contributed by atoms with Crippen LogP contribution in [-0.2, 0) is 11.3 Å². The first kappa shape index (κ1) is 16.9. The van der Waals surface area contributed by atoms with Gasteiger partial charge in [0.2, 0.25) is 0 Å². The fraction of sp³-hybridized carbons (Fsp3) is 0.158. The van der Waals surface area contributed by atoms with Crippen LogP contribution >= 0.6 is 0 Å². The van der Waals surface area contributed by atoms with Gasteiger partial charge >= 0.3 is 0 Å². The third-order valence-electron chi connectivity index (χ3n) is 3.93. The number of benzene rings is 2. The summed E-state index contributed by atoms with van der Waals surface area (Å²) in [5.41, 5.74) is 1.51. The van der Waals surface area contributed by atoms with Gasteiger partial charge in [-0.3, -0.25) is 4.79 Å². The van der Waals surface area contributed by atoms with Crippen molar-refractivity contribution in [1.29, 1.82) is 0 Å². The fourth-order valence-electron chi connectivity index (χ4n) is 2.56. The zero-order valence-electron chi connectivity index (χ0n) is 13.7. The molecule has 5 nitrogen and oxygen atoms in total. The summed E-state index contributed by atoms with van der Waals surface area (Å²) in [4.78, 5) is 16.1. The number of aliphatic hydroxyl groups excluding tert-OH is 1. The molecule has 0 spiro atoms. The first-order chi connectivity index (χ1) is 12.1. The summed E-state index contributed by atoms with van der Waals surface area (Å²) in [5.74, 6) is -0.247. The Labute approximate surface area is 144 Å². The summed E-state index contributed by atoms with van der Waals surface area (Å²) < 4.78 is 16.0. The van der Waals surface area contributed by atoms with Crippen LogP contribution in [0.4, 0.5) is 4.39 Å². The molecule has 0 saturated carbocycles. The molecule has 0 aliphatic carbocycles. The van der Waals surface area contributed by atoms with Crippen molar-refractivity contribution in [2.45, 2.75) is 19.6 Å². The standard InChI is InChI=1S/C19H18FN3O2/c1-13-21-9-10-23(13)17-8-7-14(11-16(17)20)12-22-19(25)18(24)15-5-3-2-4-6-15/h2-11,18,24H,12H2,1H3,(H,22,25)/t18-/m1/s1. The van der Waals surface area contributed by atoms with Crippen molar-refractivity contribution < 1.29 is 14.3 Å². The van der Waals surface area contributed by atoms with E-state index in [0.29, 0.717) is 22.6 Å². The zero-order valence-corrected chi connectivity index (χ0v) is 13.7. The molecule has 25 heavy (non-hydrogen) atoms. The van der Waals surface area contributed by atoms with E-state index < -0.39 is 17.8 Å². The van der Waals surface area contributed by atoms with Gasteiger partial charge in [-0.25, -0.2) is 9.37 Å². The molecular formula is C19H18FN3O2. The maximum atomic E-state index is 14.3. The Hall–Kier alpha value is -2.99. The molecule has 2 aromatic carbocycles. The SMILES string of the molecule is Cc1nccn1-c1ccc(CNC(=O)[C@H](O)c2ccccc2)cc1F.